The average Bonchev–Trinajstić information content (AvgIpc) is 3.64. The van der Waals surface area contributed by atoms with Crippen LogP contribution in [0.15, 0.2) is 72.9 Å². The molecule has 3 aliphatic rings. The number of amides is 3. The van der Waals surface area contributed by atoms with Crippen LogP contribution in [-0.2, 0) is 31.1 Å². The summed E-state index contributed by atoms with van der Waals surface area (Å²) < 4.78 is 5.11. The molecule has 9 nitrogen and oxygen atoms in total. The number of anilines is 2. The Balaban J connectivity index is 1.34. The fourth-order valence-electron chi connectivity index (χ4n) is 6.59. The number of rotatable bonds is 4. The minimum atomic E-state index is -1.47. The highest BCUT2D eigenvalue weighted by Gasteiger charge is 2.70. The van der Waals surface area contributed by atoms with E-state index in [4.69, 9.17) is 16.3 Å². The zero-order valence-electron chi connectivity index (χ0n) is 21.2. The third-order valence-electron chi connectivity index (χ3n) is 8.17. The van der Waals surface area contributed by atoms with Gasteiger partial charge in [-0.25, -0.2) is 4.90 Å². The molecule has 0 aliphatic carbocycles. The van der Waals surface area contributed by atoms with Crippen molar-refractivity contribution in [2.75, 3.05) is 10.2 Å². The second-order valence-electron chi connectivity index (χ2n) is 10.3. The van der Waals surface area contributed by atoms with Crippen LogP contribution in [0, 0.1) is 11.8 Å². The van der Waals surface area contributed by atoms with Crippen molar-refractivity contribution in [1.82, 2.24) is 10.3 Å². The predicted octanol–water partition coefficient (Wildman–Crippen LogP) is 3.91. The molecule has 10 heteroatoms. The van der Waals surface area contributed by atoms with E-state index in [2.05, 4.69) is 15.6 Å². The molecule has 0 unspecified atom stereocenters. The number of halogens is 1. The summed E-state index contributed by atoms with van der Waals surface area (Å²) in [5.74, 6) is -3.29. The van der Waals surface area contributed by atoms with E-state index in [1.807, 2.05) is 30.5 Å². The minimum absolute atomic E-state index is 0.296. The van der Waals surface area contributed by atoms with Crippen LogP contribution < -0.4 is 20.3 Å². The number of carbonyl (C=O) groups is 4. The summed E-state index contributed by atoms with van der Waals surface area (Å²) in [6, 6.07) is 18.7. The molecule has 2 fully saturated rings. The highest BCUT2D eigenvalue weighted by molar-refractivity contribution is 6.35. The fourth-order valence-corrected chi connectivity index (χ4v) is 6.81. The lowest BCUT2D eigenvalue weighted by Gasteiger charge is -2.29. The lowest BCUT2D eigenvalue weighted by Crippen LogP contribution is -2.53. The van der Waals surface area contributed by atoms with Crippen molar-refractivity contribution < 1.29 is 23.9 Å². The smallest absolute Gasteiger partial charge is 0.308 e. The summed E-state index contributed by atoms with van der Waals surface area (Å²) in [6.07, 6.45) is 2.31. The van der Waals surface area contributed by atoms with Gasteiger partial charge >= 0.3 is 5.97 Å². The highest BCUT2D eigenvalue weighted by atomic mass is 35.5. The molecule has 4 heterocycles. The van der Waals surface area contributed by atoms with Gasteiger partial charge in [-0.1, -0.05) is 41.9 Å². The van der Waals surface area contributed by atoms with Crippen LogP contribution >= 0.6 is 11.6 Å². The number of hydrogen-bond donors (Lipinski definition) is 3. The normalized spacial score (nSPS) is 25.0. The zero-order valence-corrected chi connectivity index (χ0v) is 22.0. The van der Waals surface area contributed by atoms with Crippen LogP contribution in [0.25, 0.3) is 10.9 Å². The van der Waals surface area contributed by atoms with Crippen molar-refractivity contribution in [3.05, 3.63) is 89.1 Å². The number of imide groups is 1. The first-order valence-electron chi connectivity index (χ1n) is 12.9. The predicted molar refractivity (Wildman–Crippen MR) is 148 cm³/mol. The topological polar surface area (TPSA) is 121 Å². The maximum absolute atomic E-state index is 14.2. The Labute approximate surface area is 233 Å². The Morgan fingerprint density at radius 2 is 1.77 bits per heavy atom. The number of benzene rings is 3. The SMILES string of the molecule is CC(=O)Oc1ccc(N2C(=O)[C@H]3[C@H](Cc4c[nH]c5ccccc45)N[C@@]4(C(=O)Nc5c(Cl)cccc54)[C@@H]3C2=O)cc1. The number of H-pyrrole nitrogens is 1. The van der Waals surface area contributed by atoms with Gasteiger partial charge in [0.25, 0.3) is 0 Å². The minimum Gasteiger partial charge on any atom is -0.427 e. The number of carbonyl (C=O) groups excluding carboxylic acids is 4. The number of esters is 1. The van der Waals surface area contributed by atoms with Crippen molar-refractivity contribution in [3.8, 4) is 5.75 Å². The number of nitrogens with zero attached hydrogens (tertiary/aromatic N) is 1. The van der Waals surface area contributed by atoms with E-state index in [-0.39, 0.29) is 0 Å². The standard InChI is InChI=1S/C30H23ClN4O5/c1-15(36)40-18-11-9-17(10-12-18)35-27(37)24-23(13-16-14-32-22-8-3-2-5-19(16)22)34-30(25(24)28(35)38)20-6-4-7-21(31)26(20)33-29(30)39/h2-12,14,23-25,32,34H,13H2,1H3,(H,33,39)/t23-,24-,25-,30+/m0/s1. The van der Waals surface area contributed by atoms with Crippen LogP contribution in [0.1, 0.15) is 18.1 Å². The van der Waals surface area contributed by atoms with Crippen LogP contribution in [0.3, 0.4) is 0 Å². The number of aromatic amines is 1. The molecule has 3 N–H and O–H groups in total. The van der Waals surface area contributed by atoms with E-state index in [1.54, 1.807) is 30.3 Å². The second kappa shape index (κ2) is 8.77. The molecular formula is C30H23ClN4O5. The second-order valence-corrected chi connectivity index (χ2v) is 10.7. The van der Waals surface area contributed by atoms with Gasteiger partial charge < -0.3 is 15.0 Å². The Bertz CT molecular complexity index is 1750. The number of hydrogen-bond acceptors (Lipinski definition) is 6. The summed E-state index contributed by atoms with van der Waals surface area (Å²) in [5, 5.41) is 7.69. The van der Waals surface area contributed by atoms with Gasteiger partial charge in [-0.05, 0) is 48.4 Å². The highest BCUT2D eigenvalue weighted by Crippen LogP contribution is 2.55. The first-order valence-corrected chi connectivity index (χ1v) is 13.3. The van der Waals surface area contributed by atoms with E-state index in [0.29, 0.717) is 34.1 Å². The van der Waals surface area contributed by atoms with Crippen molar-refractivity contribution in [3.63, 3.8) is 0 Å². The van der Waals surface area contributed by atoms with Crippen LogP contribution in [0.2, 0.25) is 5.02 Å². The van der Waals surface area contributed by atoms with Crippen LogP contribution in [0.5, 0.6) is 5.75 Å². The van der Waals surface area contributed by atoms with E-state index in [1.165, 1.54) is 19.1 Å². The van der Waals surface area contributed by atoms with Gasteiger partial charge in [-0.2, -0.15) is 0 Å². The summed E-state index contributed by atoms with van der Waals surface area (Å²) in [4.78, 5) is 57.8. The molecule has 4 aromatic rings. The molecule has 40 heavy (non-hydrogen) atoms. The molecule has 3 aromatic carbocycles. The molecule has 4 atom stereocenters. The number of para-hydroxylation sites is 2. The van der Waals surface area contributed by atoms with Crippen molar-refractivity contribution in [2.24, 2.45) is 11.8 Å². The first-order chi connectivity index (χ1) is 19.3. The van der Waals surface area contributed by atoms with E-state index in [9.17, 15) is 19.2 Å². The molecular weight excluding hydrogens is 532 g/mol. The van der Waals surface area contributed by atoms with Crippen molar-refractivity contribution >= 4 is 57.6 Å². The first kappa shape index (κ1) is 24.6. The van der Waals surface area contributed by atoms with Gasteiger partial charge in [0.1, 0.15) is 11.3 Å². The molecule has 1 aromatic heterocycles. The maximum atomic E-state index is 14.2. The monoisotopic (exact) mass is 554 g/mol. The van der Waals surface area contributed by atoms with E-state index < -0.39 is 47.1 Å². The van der Waals surface area contributed by atoms with Crippen molar-refractivity contribution in [1.29, 1.82) is 0 Å². The van der Waals surface area contributed by atoms with Gasteiger partial charge in [0.05, 0.1) is 28.2 Å². The molecule has 200 valence electrons. The Kier molecular flexibility index (Phi) is 5.39. The Hall–Kier alpha value is -4.47. The van der Waals surface area contributed by atoms with E-state index in [0.717, 1.165) is 21.4 Å². The lowest BCUT2D eigenvalue weighted by atomic mass is 9.76. The molecule has 0 radical (unpaired) electrons. The van der Waals surface area contributed by atoms with Gasteiger partial charge in [-0.3, -0.25) is 24.5 Å². The molecule has 0 saturated carbocycles. The quantitative estimate of drug-likeness (QED) is 0.200. The number of aromatic nitrogens is 1. The van der Waals surface area contributed by atoms with Crippen molar-refractivity contribution in [2.45, 2.75) is 24.9 Å². The third kappa shape index (κ3) is 3.38. The van der Waals surface area contributed by atoms with Gasteiger partial charge in [0, 0.05) is 35.6 Å². The number of nitrogens with one attached hydrogen (secondary N) is 3. The van der Waals surface area contributed by atoms with Gasteiger partial charge in [0.2, 0.25) is 17.7 Å². The largest absolute Gasteiger partial charge is 0.427 e. The summed E-state index contributed by atoms with van der Waals surface area (Å²) in [7, 11) is 0. The van der Waals surface area contributed by atoms with Crippen LogP contribution in [0.4, 0.5) is 11.4 Å². The average molecular weight is 555 g/mol. The van der Waals surface area contributed by atoms with Gasteiger partial charge in [-0.15, -0.1) is 0 Å². The van der Waals surface area contributed by atoms with Gasteiger partial charge in [0.15, 0.2) is 0 Å². The lowest BCUT2D eigenvalue weighted by molar-refractivity contribution is -0.132. The van der Waals surface area contributed by atoms with Crippen LogP contribution in [-0.4, -0.2) is 34.7 Å². The number of ether oxygens (including phenoxy) is 1. The Morgan fingerprint density at radius 3 is 2.55 bits per heavy atom. The maximum Gasteiger partial charge on any atom is 0.308 e. The molecule has 0 bridgehead atoms. The molecule has 3 amide bonds. The molecule has 2 saturated heterocycles. The molecule has 1 spiro atoms. The third-order valence-corrected chi connectivity index (χ3v) is 8.49. The summed E-state index contributed by atoms with van der Waals surface area (Å²) >= 11 is 6.45. The molecule has 3 aliphatic heterocycles. The Morgan fingerprint density at radius 1 is 1.00 bits per heavy atom. The summed E-state index contributed by atoms with van der Waals surface area (Å²) in [6.45, 7) is 1.29. The van der Waals surface area contributed by atoms with E-state index >= 15 is 0 Å². The summed E-state index contributed by atoms with van der Waals surface area (Å²) in [5.41, 5.74) is 1.79. The molecule has 7 rings (SSSR count). The zero-order chi connectivity index (χ0) is 27.8. The number of fused-ring (bicyclic) bond motifs is 5. The fraction of sp³-hybridized carbons (Fsp3) is 0.200.